The molecule has 1 aliphatic heterocycles. The Balaban J connectivity index is 2.43. The first-order valence-corrected chi connectivity index (χ1v) is 7.84. The second kappa shape index (κ2) is 6.63. The Bertz CT molecular complexity index is 692. The van der Waals surface area contributed by atoms with Crippen molar-refractivity contribution in [1.82, 2.24) is 0 Å². The van der Waals surface area contributed by atoms with E-state index in [4.69, 9.17) is 25.3 Å². The molecule has 0 radical (unpaired) electrons. The van der Waals surface area contributed by atoms with E-state index in [9.17, 15) is 9.59 Å². The zero-order chi connectivity index (χ0) is 19.0. The topological polar surface area (TPSA) is 119 Å². The maximum atomic E-state index is 11.2. The van der Waals surface area contributed by atoms with Gasteiger partial charge in [0.05, 0.1) is 22.3 Å². The molecule has 1 aliphatic rings. The van der Waals surface area contributed by atoms with Crippen LogP contribution in [0, 0.1) is 0 Å². The molecule has 0 unspecified atom stereocenters. The van der Waals surface area contributed by atoms with Crippen LogP contribution in [0.25, 0.3) is 6.08 Å². The summed E-state index contributed by atoms with van der Waals surface area (Å²) >= 11 is 0. The van der Waals surface area contributed by atoms with Crippen molar-refractivity contribution in [3.8, 4) is 0 Å². The molecule has 0 aromatic heterocycles. The summed E-state index contributed by atoms with van der Waals surface area (Å²) in [6, 6.07) is 3.88. The van der Waals surface area contributed by atoms with Crippen LogP contribution in [0.2, 0.25) is 0 Å². The minimum atomic E-state index is -1.21. The van der Waals surface area contributed by atoms with E-state index in [1.54, 1.807) is 6.08 Å². The maximum Gasteiger partial charge on any atom is 0.491 e. The van der Waals surface area contributed by atoms with Crippen LogP contribution >= 0.6 is 0 Å². The van der Waals surface area contributed by atoms with Crippen LogP contribution in [0.3, 0.4) is 0 Å². The van der Waals surface area contributed by atoms with Crippen LogP contribution in [0.4, 0.5) is 0 Å². The van der Waals surface area contributed by atoms with Crippen molar-refractivity contribution in [3.05, 3.63) is 40.4 Å². The fraction of sp³-hybridized carbons (Fsp3) is 0.412. The highest BCUT2D eigenvalue weighted by atomic mass is 16.7. The van der Waals surface area contributed by atoms with E-state index in [1.807, 2.05) is 27.7 Å². The molecule has 0 amide bonds. The van der Waals surface area contributed by atoms with Crippen molar-refractivity contribution in [2.75, 3.05) is 6.54 Å². The average Bonchev–Trinajstić information content (AvgIpc) is 2.72. The van der Waals surface area contributed by atoms with Gasteiger partial charge in [0.25, 0.3) is 0 Å². The molecule has 2 rings (SSSR count). The number of carboxylic acid groups (broad SMARTS) is 2. The van der Waals surface area contributed by atoms with Crippen LogP contribution in [0.5, 0.6) is 0 Å². The summed E-state index contributed by atoms with van der Waals surface area (Å²) in [5.74, 6) is -2.41. The van der Waals surface area contributed by atoms with Gasteiger partial charge in [-0.25, -0.2) is 9.59 Å². The number of benzene rings is 1. The first kappa shape index (κ1) is 19.2. The molecule has 4 N–H and O–H groups in total. The lowest BCUT2D eigenvalue weighted by atomic mass is 9.77. The van der Waals surface area contributed by atoms with E-state index in [0.717, 1.165) is 6.07 Å². The normalized spacial score (nSPS) is 19.1. The van der Waals surface area contributed by atoms with Crippen molar-refractivity contribution in [3.63, 3.8) is 0 Å². The van der Waals surface area contributed by atoms with Crippen molar-refractivity contribution >= 4 is 25.1 Å². The first-order chi connectivity index (χ1) is 11.5. The standard InChI is InChI=1S/C17H22BNO6/c1-16(2)17(3,4)25-18(24-16)13(9-19)7-10-5-11(14(20)21)8-12(6-10)15(22)23/h5-8H,9,19H2,1-4H3,(H,20,21)(H,22,23). The smallest absolute Gasteiger partial charge is 0.478 e. The molecular formula is C17H22BNO6. The molecule has 1 fully saturated rings. The summed E-state index contributed by atoms with van der Waals surface area (Å²) in [6.07, 6.45) is 1.61. The highest BCUT2D eigenvalue weighted by Gasteiger charge is 2.52. The predicted molar refractivity (Wildman–Crippen MR) is 93.5 cm³/mol. The number of hydrogen-bond donors (Lipinski definition) is 3. The van der Waals surface area contributed by atoms with E-state index >= 15 is 0 Å². The van der Waals surface area contributed by atoms with Gasteiger partial charge < -0.3 is 25.3 Å². The van der Waals surface area contributed by atoms with Crippen LogP contribution in [0.15, 0.2) is 23.7 Å². The molecular weight excluding hydrogens is 325 g/mol. The highest BCUT2D eigenvalue weighted by Crippen LogP contribution is 2.38. The molecule has 8 heteroatoms. The summed E-state index contributed by atoms with van der Waals surface area (Å²) in [7, 11) is -0.684. The van der Waals surface area contributed by atoms with Gasteiger partial charge in [0.2, 0.25) is 0 Å². The number of rotatable bonds is 5. The fourth-order valence-electron chi connectivity index (χ4n) is 2.41. The van der Waals surface area contributed by atoms with Crippen LogP contribution < -0.4 is 5.73 Å². The summed E-state index contributed by atoms with van der Waals surface area (Å²) in [6.45, 7) is 7.77. The van der Waals surface area contributed by atoms with E-state index in [0.29, 0.717) is 11.0 Å². The number of aromatic carboxylic acids is 2. The summed E-state index contributed by atoms with van der Waals surface area (Å²) in [5.41, 5.74) is 5.51. The molecule has 0 spiro atoms. The fourth-order valence-corrected chi connectivity index (χ4v) is 2.41. The minimum Gasteiger partial charge on any atom is -0.478 e. The monoisotopic (exact) mass is 347 g/mol. The molecule has 134 valence electrons. The van der Waals surface area contributed by atoms with Gasteiger partial charge in [0, 0.05) is 6.54 Å². The Morgan fingerprint density at radius 3 is 1.84 bits per heavy atom. The van der Waals surface area contributed by atoms with E-state index in [-0.39, 0.29) is 17.7 Å². The zero-order valence-corrected chi connectivity index (χ0v) is 14.7. The van der Waals surface area contributed by atoms with Gasteiger partial charge >= 0.3 is 19.1 Å². The van der Waals surface area contributed by atoms with Crippen LogP contribution in [-0.4, -0.2) is 47.0 Å². The highest BCUT2D eigenvalue weighted by molar-refractivity contribution is 6.55. The largest absolute Gasteiger partial charge is 0.491 e. The first-order valence-electron chi connectivity index (χ1n) is 7.84. The molecule has 1 aromatic rings. The van der Waals surface area contributed by atoms with Gasteiger partial charge in [-0.1, -0.05) is 6.08 Å². The van der Waals surface area contributed by atoms with Gasteiger partial charge in [-0.2, -0.15) is 0 Å². The Labute approximate surface area is 146 Å². The Hall–Kier alpha value is -2.16. The number of carboxylic acids is 2. The Morgan fingerprint density at radius 2 is 1.48 bits per heavy atom. The second-order valence-electron chi connectivity index (χ2n) is 6.97. The lowest BCUT2D eigenvalue weighted by Crippen LogP contribution is -2.41. The molecule has 7 nitrogen and oxygen atoms in total. The van der Waals surface area contributed by atoms with E-state index < -0.39 is 30.3 Å². The minimum absolute atomic E-state index is 0.114. The number of hydrogen-bond acceptors (Lipinski definition) is 5. The van der Waals surface area contributed by atoms with E-state index in [2.05, 4.69) is 0 Å². The Kier molecular flexibility index (Phi) is 5.08. The number of carbonyl (C=O) groups is 2. The second-order valence-corrected chi connectivity index (χ2v) is 6.97. The van der Waals surface area contributed by atoms with Gasteiger partial charge in [-0.3, -0.25) is 0 Å². The third-order valence-electron chi connectivity index (χ3n) is 4.59. The van der Waals surface area contributed by atoms with Gasteiger partial charge in [-0.05, 0) is 56.9 Å². The third kappa shape index (κ3) is 3.92. The quantitative estimate of drug-likeness (QED) is 0.698. The predicted octanol–water partition coefficient (Wildman–Crippen LogP) is 2.06. The zero-order valence-electron chi connectivity index (χ0n) is 14.7. The molecule has 0 bridgehead atoms. The van der Waals surface area contributed by atoms with Crippen molar-refractivity contribution in [2.45, 2.75) is 38.9 Å². The molecule has 0 saturated carbocycles. The van der Waals surface area contributed by atoms with Crippen molar-refractivity contribution < 1.29 is 29.1 Å². The van der Waals surface area contributed by atoms with Crippen LogP contribution in [0.1, 0.15) is 54.0 Å². The molecule has 1 heterocycles. The van der Waals surface area contributed by atoms with Crippen molar-refractivity contribution in [1.29, 1.82) is 0 Å². The van der Waals surface area contributed by atoms with E-state index in [1.165, 1.54) is 12.1 Å². The van der Waals surface area contributed by atoms with Gasteiger partial charge in [0.15, 0.2) is 0 Å². The van der Waals surface area contributed by atoms with Crippen LogP contribution in [-0.2, 0) is 9.31 Å². The maximum absolute atomic E-state index is 11.2. The van der Waals surface area contributed by atoms with Gasteiger partial charge in [-0.15, -0.1) is 0 Å². The SMILES string of the molecule is CC1(C)OB(C(=Cc2cc(C(=O)O)cc(C(=O)O)c2)CN)OC1(C)C. The molecule has 0 aliphatic carbocycles. The average molecular weight is 347 g/mol. The summed E-state index contributed by atoms with van der Waals surface area (Å²) in [5, 5.41) is 18.3. The molecule has 25 heavy (non-hydrogen) atoms. The summed E-state index contributed by atoms with van der Waals surface area (Å²) < 4.78 is 11.9. The molecule has 1 saturated heterocycles. The lowest BCUT2D eigenvalue weighted by Gasteiger charge is -2.32. The lowest BCUT2D eigenvalue weighted by molar-refractivity contribution is 0.00578. The Morgan fingerprint density at radius 1 is 1.04 bits per heavy atom. The number of nitrogens with two attached hydrogens (primary N) is 1. The molecule has 1 aromatic carbocycles. The molecule has 0 atom stereocenters. The summed E-state index contributed by atoms with van der Waals surface area (Å²) in [4.78, 5) is 22.4. The third-order valence-corrected chi connectivity index (χ3v) is 4.59. The van der Waals surface area contributed by atoms with Gasteiger partial charge in [0.1, 0.15) is 0 Å². The van der Waals surface area contributed by atoms with Crippen molar-refractivity contribution in [2.24, 2.45) is 5.73 Å².